The Morgan fingerprint density at radius 3 is 2.85 bits per heavy atom. The highest BCUT2D eigenvalue weighted by Crippen LogP contribution is 2.31. The third-order valence-electron chi connectivity index (χ3n) is 3.59. The topological polar surface area (TPSA) is 64.3 Å². The van der Waals surface area contributed by atoms with Crippen LogP contribution in [0.3, 0.4) is 0 Å². The number of carbonyl (C=O) groups excluding carboxylic acids is 1. The number of fused-ring (bicyclic) bond motifs is 1. The summed E-state index contributed by atoms with van der Waals surface area (Å²) in [6.45, 7) is 5.63. The zero-order chi connectivity index (χ0) is 14.7. The van der Waals surface area contributed by atoms with Crippen molar-refractivity contribution in [1.29, 1.82) is 0 Å². The molecule has 3 N–H and O–H groups in total. The molecule has 1 aliphatic rings. The summed E-state index contributed by atoms with van der Waals surface area (Å²) in [6, 6.07) is 6.18. The Balaban J connectivity index is 2.06. The number of nitrogens with one attached hydrogen (secondary N) is 1. The SMILES string of the molecule is CC(C)NC(=O)C(C)Oc1ccc2c(c1)[C@@H](N)CCC2. The molecule has 0 saturated carbocycles. The van der Waals surface area contributed by atoms with Gasteiger partial charge in [-0.2, -0.15) is 0 Å². The van der Waals surface area contributed by atoms with E-state index in [0.717, 1.165) is 24.8 Å². The molecular weight excluding hydrogens is 252 g/mol. The molecule has 1 unspecified atom stereocenters. The zero-order valence-electron chi connectivity index (χ0n) is 12.5. The molecule has 1 aromatic rings. The number of benzene rings is 1. The molecule has 4 nitrogen and oxygen atoms in total. The molecule has 0 bridgehead atoms. The van der Waals surface area contributed by atoms with Gasteiger partial charge in [0, 0.05) is 12.1 Å². The van der Waals surface area contributed by atoms with Gasteiger partial charge in [0.15, 0.2) is 6.10 Å². The zero-order valence-corrected chi connectivity index (χ0v) is 12.5. The highest BCUT2D eigenvalue weighted by molar-refractivity contribution is 5.80. The van der Waals surface area contributed by atoms with E-state index in [2.05, 4.69) is 11.4 Å². The van der Waals surface area contributed by atoms with Crippen LogP contribution in [0, 0.1) is 0 Å². The van der Waals surface area contributed by atoms with Crippen LogP contribution in [0.25, 0.3) is 0 Å². The summed E-state index contributed by atoms with van der Waals surface area (Å²) in [5, 5.41) is 2.85. The molecule has 1 aromatic carbocycles. The predicted octanol–water partition coefficient (Wildman–Crippen LogP) is 2.31. The molecular formula is C16H24N2O2. The lowest BCUT2D eigenvalue weighted by Crippen LogP contribution is -2.40. The summed E-state index contributed by atoms with van der Waals surface area (Å²) in [5.74, 6) is 0.620. The van der Waals surface area contributed by atoms with E-state index in [-0.39, 0.29) is 18.0 Å². The van der Waals surface area contributed by atoms with Gasteiger partial charge in [0.25, 0.3) is 5.91 Å². The molecule has 20 heavy (non-hydrogen) atoms. The van der Waals surface area contributed by atoms with Gasteiger partial charge in [0.2, 0.25) is 0 Å². The largest absolute Gasteiger partial charge is 0.481 e. The van der Waals surface area contributed by atoms with Crippen molar-refractivity contribution < 1.29 is 9.53 Å². The van der Waals surface area contributed by atoms with E-state index in [1.54, 1.807) is 6.92 Å². The van der Waals surface area contributed by atoms with Gasteiger partial charge >= 0.3 is 0 Å². The number of carbonyl (C=O) groups is 1. The molecule has 0 radical (unpaired) electrons. The number of aryl methyl sites for hydroxylation is 1. The van der Waals surface area contributed by atoms with Gasteiger partial charge in [-0.05, 0) is 63.3 Å². The average molecular weight is 276 g/mol. The number of hydrogen-bond donors (Lipinski definition) is 2. The van der Waals surface area contributed by atoms with Crippen molar-refractivity contribution in [2.75, 3.05) is 0 Å². The second kappa shape index (κ2) is 6.27. The monoisotopic (exact) mass is 276 g/mol. The fourth-order valence-electron chi connectivity index (χ4n) is 2.55. The van der Waals surface area contributed by atoms with Gasteiger partial charge in [-0.3, -0.25) is 4.79 Å². The Hall–Kier alpha value is -1.55. The van der Waals surface area contributed by atoms with Crippen molar-refractivity contribution >= 4 is 5.91 Å². The van der Waals surface area contributed by atoms with E-state index in [4.69, 9.17) is 10.5 Å². The minimum atomic E-state index is -0.504. The second-order valence-electron chi connectivity index (χ2n) is 5.78. The summed E-state index contributed by atoms with van der Waals surface area (Å²) >= 11 is 0. The van der Waals surface area contributed by atoms with E-state index in [9.17, 15) is 4.79 Å². The Morgan fingerprint density at radius 2 is 2.15 bits per heavy atom. The number of ether oxygens (including phenoxy) is 1. The second-order valence-corrected chi connectivity index (χ2v) is 5.78. The maximum Gasteiger partial charge on any atom is 0.260 e. The minimum Gasteiger partial charge on any atom is -0.481 e. The lowest BCUT2D eigenvalue weighted by atomic mass is 9.88. The van der Waals surface area contributed by atoms with Crippen LogP contribution in [-0.2, 0) is 11.2 Å². The number of rotatable bonds is 4. The van der Waals surface area contributed by atoms with Crippen LogP contribution in [0.15, 0.2) is 18.2 Å². The minimum absolute atomic E-state index is 0.0853. The van der Waals surface area contributed by atoms with Crippen molar-refractivity contribution in [1.82, 2.24) is 5.32 Å². The maximum absolute atomic E-state index is 11.9. The van der Waals surface area contributed by atoms with Crippen LogP contribution in [0.1, 0.15) is 50.8 Å². The molecule has 0 aromatic heterocycles. The lowest BCUT2D eigenvalue weighted by Gasteiger charge is -2.23. The fourth-order valence-corrected chi connectivity index (χ4v) is 2.55. The number of hydrogen-bond acceptors (Lipinski definition) is 3. The summed E-state index contributed by atoms with van der Waals surface area (Å²) < 4.78 is 5.72. The lowest BCUT2D eigenvalue weighted by molar-refractivity contribution is -0.127. The Kier molecular flexibility index (Phi) is 4.65. The summed E-state index contributed by atoms with van der Waals surface area (Å²) in [4.78, 5) is 11.9. The van der Waals surface area contributed by atoms with Gasteiger partial charge in [-0.1, -0.05) is 6.07 Å². The molecule has 0 fully saturated rings. The normalized spacial score (nSPS) is 19.4. The molecule has 2 atom stereocenters. The fraction of sp³-hybridized carbons (Fsp3) is 0.562. The predicted molar refractivity (Wildman–Crippen MR) is 79.7 cm³/mol. The van der Waals surface area contributed by atoms with Gasteiger partial charge in [-0.15, -0.1) is 0 Å². The van der Waals surface area contributed by atoms with E-state index in [1.807, 2.05) is 26.0 Å². The highest BCUT2D eigenvalue weighted by atomic mass is 16.5. The van der Waals surface area contributed by atoms with Crippen LogP contribution >= 0.6 is 0 Å². The molecule has 4 heteroatoms. The number of nitrogens with two attached hydrogens (primary N) is 1. The van der Waals surface area contributed by atoms with E-state index < -0.39 is 6.10 Å². The Bertz CT molecular complexity index is 485. The smallest absolute Gasteiger partial charge is 0.260 e. The number of amides is 1. The van der Waals surface area contributed by atoms with Crippen LogP contribution in [0.5, 0.6) is 5.75 Å². The first kappa shape index (κ1) is 14.9. The van der Waals surface area contributed by atoms with Gasteiger partial charge in [0.1, 0.15) is 5.75 Å². The van der Waals surface area contributed by atoms with Gasteiger partial charge < -0.3 is 15.8 Å². The molecule has 0 spiro atoms. The van der Waals surface area contributed by atoms with E-state index in [1.165, 1.54) is 5.56 Å². The van der Waals surface area contributed by atoms with Crippen LogP contribution < -0.4 is 15.8 Å². The quantitative estimate of drug-likeness (QED) is 0.887. The van der Waals surface area contributed by atoms with Gasteiger partial charge in [0.05, 0.1) is 0 Å². The van der Waals surface area contributed by atoms with Crippen molar-refractivity contribution in [3.8, 4) is 5.75 Å². The summed E-state index contributed by atoms with van der Waals surface area (Å²) in [7, 11) is 0. The van der Waals surface area contributed by atoms with Crippen LogP contribution in [-0.4, -0.2) is 18.1 Å². The molecule has 1 aliphatic carbocycles. The van der Waals surface area contributed by atoms with E-state index >= 15 is 0 Å². The van der Waals surface area contributed by atoms with E-state index in [0.29, 0.717) is 5.75 Å². The van der Waals surface area contributed by atoms with Crippen molar-refractivity contribution in [2.45, 2.75) is 58.2 Å². The van der Waals surface area contributed by atoms with Gasteiger partial charge in [-0.25, -0.2) is 0 Å². The van der Waals surface area contributed by atoms with Crippen LogP contribution in [0.2, 0.25) is 0 Å². The first-order valence-corrected chi connectivity index (χ1v) is 7.33. The molecule has 1 amide bonds. The first-order chi connectivity index (χ1) is 9.47. The Labute approximate surface area is 120 Å². The molecule has 0 heterocycles. The Morgan fingerprint density at radius 1 is 1.40 bits per heavy atom. The standard InChI is InChI=1S/C16H24N2O2/c1-10(2)18-16(19)11(3)20-13-8-7-12-5-4-6-15(17)14(12)9-13/h7-11,15H,4-6,17H2,1-3H3,(H,18,19)/t11?,15-/m0/s1. The van der Waals surface area contributed by atoms with Crippen molar-refractivity contribution in [2.24, 2.45) is 5.73 Å². The summed E-state index contributed by atoms with van der Waals surface area (Å²) in [6.07, 6.45) is 2.73. The maximum atomic E-state index is 11.9. The first-order valence-electron chi connectivity index (χ1n) is 7.33. The molecule has 0 saturated heterocycles. The van der Waals surface area contributed by atoms with Crippen molar-refractivity contribution in [3.05, 3.63) is 29.3 Å². The molecule has 110 valence electrons. The molecule has 2 rings (SSSR count). The third-order valence-corrected chi connectivity index (χ3v) is 3.59. The van der Waals surface area contributed by atoms with Crippen LogP contribution in [0.4, 0.5) is 0 Å². The average Bonchev–Trinajstić information content (AvgIpc) is 2.39. The van der Waals surface area contributed by atoms with Crippen molar-refractivity contribution in [3.63, 3.8) is 0 Å². The third kappa shape index (κ3) is 3.51. The molecule has 0 aliphatic heterocycles. The summed E-state index contributed by atoms with van der Waals surface area (Å²) in [5.41, 5.74) is 8.60. The highest BCUT2D eigenvalue weighted by Gasteiger charge is 2.19.